The zero-order valence-corrected chi connectivity index (χ0v) is 18.6. The monoisotopic (exact) mass is 450 g/mol. The third-order valence-corrected chi connectivity index (χ3v) is 5.54. The molecule has 2 aromatic carbocycles. The topological polar surface area (TPSA) is 90.0 Å². The molecular weight excluding hydrogens is 428 g/mol. The Morgan fingerprint density at radius 2 is 1.88 bits per heavy atom. The Morgan fingerprint density at radius 3 is 2.59 bits per heavy atom. The smallest absolute Gasteiger partial charge is 0.297 e. The van der Waals surface area contributed by atoms with E-state index < -0.39 is 5.56 Å². The number of hydrogen-bond donors (Lipinski definition) is 1. The lowest BCUT2D eigenvalue weighted by Gasteiger charge is -2.15. The minimum Gasteiger partial charge on any atom is -0.360 e. The van der Waals surface area contributed by atoms with Crippen molar-refractivity contribution in [2.24, 2.45) is 0 Å². The Bertz CT molecular complexity index is 1300. The van der Waals surface area contributed by atoms with Crippen molar-refractivity contribution < 1.29 is 9.32 Å². The van der Waals surface area contributed by atoms with Crippen molar-refractivity contribution in [3.05, 3.63) is 81.3 Å². The lowest BCUT2D eigenvalue weighted by atomic mass is 10.1. The molecule has 0 aliphatic rings. The predicted octanol–water partition coefficient (Wildman–Crippen LogP) is 4.15. The molecule has 0 aliphatic carbocycles. The van der Waals surface area contributed by atoms with Crippen LogP contribution in [0.5, 0.6) is 0 Å². The largest absolute Gasteiger partial charge is 0.360 e. The van der Waals surface area contributed by atoms with Gasteiger partial charge >= 0.3 is 0 Å². The molecule has 4 rings (SSSR count). The molecule has 0 fully saturated rings. The zero-order chi connectivity index (χ0) is 22.7. The summed E-state index contributed by atoms with van der Waals surface area (Å²) in [6.45, 7) is 3.46. The highest BCUT2D eigenvalue weighted by molar-refractivity contribution is 6.30. The zero-order valence-electron chi connectivity index (χ0n) is 17.8. The van der Waals surface area contributed by atoms with Crippen LogP contribution in [0.25, 0.3) is 22.2 Å². The first kappa shape index (κ1) is 21.8. The number of aryl methyl sites for hydroxylation is 2. The maximum atomic E-state index is 12.9. The van der Waals surface area contributed by atoms with Gasteiger partial charge in [-0.15, -0.1) is 0 Å². The maximum absolute atomic E-state index is 12.9. The summed E-state index contributed by atoms with van der Waals surface area (Å²) in [6.07, 6.45) is 1.64. The number of amides is 1. The Hall–Kier alpha value is -3.45. The summed E-state index contributed by atoms with van der Waals surface area (Å²) in [7, 11) is 0. The minimum atomic E-state index is -0.471. The van der Waals surface area contributed by atoms with Gasteiger partial charge in [0.2, 0.25) is 5.91 Å². The highest BCUT2D eigenvalue weighted by atomic mass is 35.5. The number of fused-ring (bicyclic) bond motifs is 1. The second-order valence-electron chi connectivity index (χ2n) is 7.77. The van der Waals surface area contributed by atoms with Gasteiger partial charge in [0, 0.05) is 16.6 Å². The van der Waals surface area contributed by atoms with Crippen LogP contribution in [0, 0.1) is 6.92 Å². The van der Waals surface area contributed by atoms with E-state index in [0.29, 0.717) is 21.9 Å². The summed E-state index contributed by atoms with van der Waals surface area (Å²) >= 11 is 6.01. The second-order valence-corrected chi connectivity index (χ2v) is 8.21. The molecule has 1 N–H and O–H groups in total. The predicted molar refractivity (Wildman–Crippen MR) is 124 cm³/mol. The number of nitrogens with one attached hydrogen (secondary N) is 1. The van der Waals surface area contributed by atoms with Crippen molar-refractivity contribution in [1.29, 1.82) is 0 Å². The summed E-state index contributed by atoms with van der Waals surface area (Å²) in [5.41, 5.74) is 2.15. The number of carbonyl (C=O) groups excluding carboxylic acids is 1. The van der Waals surface area contributed by atoms with E-state index in [2.05, 4.69) is 27.7 Å². The van der Waals surface area contributed by atoms with Gasteiger partial charge in [-0.25, -0.2) is 4.68 Å². The molecule has 1 atom stereocenters. The average Bonchev–Trinajstić information content (AvgIpc) is 3.17. The van der Waals surface area contributed by atoms with Crippen LogP contribution in [0.1, 0.15) is 24.7 Å². The molecule has 0 saturated carbocycles. The van der Waals surface area contributed by atoms with Crippen molar-refractivity contribution in [2.75, 3.05) is 0 Å². The Balaban J connectivity index is 1.55. The highest BCUT2D eigenvalue weighted by Gasteiger charge is 2.20. The Morgan fingerprint density at radius 1 is 1.16 bits per heavy atom. The first-order valence-electron chi connectivity index (χ1n) is 10.4. The quantitative estimate of drug-likeness (QED) is 0.456. The fourth-order valence-corrected chi connectivity index (χ4v) is 3.73. The second kappa shape index (κ2) is 9.36. The lowest BCUT2D eigenvalue weighted by Crippen LogP contribution is -2.38. The number of aromatic nitrogens is 3. The van der Waals surface area contributed by atoms with Gasteiger partial charge in [0.05, 0.1) is 5.39 Å². The van der Waals surface area contributed by atoms with Crippen LogP contribution < -0.4 is 10.9 Å². The molecule has 164 valence electrons. The van der Waals surface area contributed by atoms with Crippen LogP contribution in [0.4, 0.5) is 0 Å². The third-order valence-electron chi connectivity index (χ3n) is 5.28. The fraction of sp³-hybridized carbons (Fsp3) is 0.250. The Labute approximate surface area is 190 Å². The van der Waals surface area contributed by atoms with E-state index in [1.165, 1.54) is 5.56 Å². The third kappa shape index (κ3) is 4.73. The van der Waals surface area contributed by atoms with Crippen molar-refractivity contribution in [3.8, 4) is 11.3 Å². The van der Waals surface area contributed by atoms with Crippen LogP contribution in [-0.4, -0.2) is 26.9 Å². The van der Waals surface area contributed by atoms with Gasteiger partial charge < -0.3 is 9.84 Å². The molecule has 0 radical (unpaired) electrons. The van der Waals surface area contributed by atoms with E-state index in [1.54, 1.807) is 31.2 Å². The summed E-state index contributed by atoms with van der Waals surface area (Å²) in [6, 6.07) is 17.1. The van der Waals surface area contributed by atoms with Gasteiger partial charge in [0.15, 0.2) is 5.52 Å². The summed E-state index contributed by atoms with van der Waals surface area (Å²) in [5, 5.41) is 12.4. The van der Waals surface area contributed by atoms with E-state index >= 15 is 0 Å². The van der Waals surface area contributed by atoms with Gasteiger partial charge in [0.25, 0.3) is 5.56 Å². The standard InChI is InChI=1S/C24H23ClN4O3/c1-15(8-9-17-6-4-3-5-7-17)26-20(30)14-29-24(31)23-21(16(2)32-28-23)22(27-29)18-10-12-19(25)13-11-18/h3-7,10-13,15H,8-9,14H2,1-2H3,(H,26,30). The number of benzene rings is 2. The van der Waals surface area contributed by atoms with Gasteiger partial charge in [0.1, 0.15) is 18.0 Å². The van der Waals surface area contributed by atoms with Crippen LogP contribution in [0.2, 0.25) is 5.02 Å². The molecule has 2 aromatic heterocycles. The van der Waals surface area contributed by atoms with Crippen LogP contribution in [0.15, 0.2) is 63.9 Å². The number of carbonyl (C=O) groups is 1. The molecule has 1 unspecified atom stereocenters. The molecule has 0 spiro atoms. The number of nitrogens with zero attached hydrogens (tertiary/aromatic N) is 3. The van der Waals surface area contributed by atoms with Gasteiger partial charge in [-0.1, -0.05) is 59.2 Å². The number of hydrogen-bond acceptors (Lipinski definition) is 5. The lowest BCUT2D eigenvalue weighted by molar-refractivity contribution is -0.122. The number of rotatable bonds is 7. The van der Waals surface area contributed by atoms with Crippen molar-refractivity contribution in [3.63, 3.8) is 0 Å². The van der Waals surface area contributed by atoms with Gasteiger partial charge in [-0.2, -0.15) is 5.10 Å². The minimum absolute atomic E-state index is 0.0489. The van der Waals surface area contributed by atoms with Crippen molar-refractivity contribution >= 4 is 28.4 Å². The first-order valence-corrected chi connectivity index (χ1v) is 10.8. The molecule has 0 saturated heterocycles. The molecule has 7 nitrogen and oxygen atoms in total. The maximum Gasteiger partial charge on any atom is 0.297 e. The molecule has 1 amide bonds. The molecule has 32 heavy (non-hydrogen) atoms. The van der Waals surface area contributed by atoms with E-state index in [0.717, 1.165) is 23.1 Å². The van der Waals surface area contributed by atoms with Crippen LogP contribution in [-0.2, 0) is 17.8 Å². The van der Waals surface area contributed by atoms with Gasteiger partial charge in [-0.05, 0) is 44.4 Å². The molecule has 0 aliphatic heterocycles. The Kier molecular flexibility index (Phi) is 6.37. The molecule has 2 heterocycles. The average molecular weight is 451 g/mol. The SMILES string of the molecule is Cc1onc2c(=O)n(CC(=O)NC(C)CCc3ccccc3)nc(-c3ccc(Cl)cc3)c12. The molecule has 8 heteroatoms. The summed E-state index contributed by atoms with van der Waals surface area (Å²) in [4.78, 5) is 25.5. The highest BCUT2D eigenvalue weighted by Crippen LogP contribution is 2.28. The van der Waals surface area contributed by atoms with Gasteiger partial charge in [-0.3, -0.25) is 9.59 Å². The van der Waals surface area contributed by atoms with Crippen molar-refractivity contribution in [2.45, 2.75) is 39.3 Å². The van der Waals surface area contributed by atoms with E-state index in [1.807, 2.05) is 25.1 Å². The number of halogens is 1. The normalized spacial score (nSPS) is 12.1. The van der Waals surface area contributed by atoms with E-state index in [9.17, 15) is 9.59 Å². The van der Waals surface area contributed by atoms with Crippen LogP contribution in [0.3, 0.4) is 0 Å². The van der Waals surface area contributed by atoms with Crippen LogP contribution >= 0.6 is 11.6 Å². The van der Waals surface area contributed by atoms with E-state index in [4.69, 9.17) is 16.1 Å². The fourth-order valence-electron chi connectivity index (χ4n) is 3.61. The summed E-state index contributed by atoms with van der Waals surface area (Å²) < 4.78 is 6.38. The molecule has 4 aromatic rings. The first-order chi connectivity index (χ1) is 15.4. The molecule has 0 bridgehead atoms. The molecular formula is C24H23ClN4O3. The van der Waals surface area contributed by atoms with E-state index in [-0.39, 0.29) is 24.0 Å². The van der Waals surface area contributed by atoms with Crippen molar-refractivity contribution in [1.82, 2.24) is 20.3 Å². The summed E-state index contributed by atoms with van der Waals surface area (Å²) in [5.74, 6) is 0.197.